The molecule has 0 unspecified atom stereocenters. The van der Waals surface area contributed by atoms with Crippen molar-refractivity contribution in [2.24, 2.45) is 35.0 Å². The van der Waals surface area contributed by atoms with Crippen LogP contribution in [0.1, 0.15) is 79.3 Å². The van der Waals surface area contributed by atoms with Crippen LogP contribution in [-0.2, 0) is 25.0 Å². The molecule has 0 spiro atoms. The van der Waals surface area contributed by atoms with Gasteiger partial charge in [0.25, 0.3) is 0 Å². The summed E-state index contributed by atoms with van der Waals surface area (Å²) in [6.07, 6.45) is 5.12. The fourth-order valence-corrected chi connectivity index (χ4v) is 7.84. The second kappa shape index (κ2) is 16.0. The lowest BCUT2D eigenvalue weighted by atomic mass is 9.72. The molecule has 1 aromatic heterocycles. The highest BCUT2D eigenvalue weighted by Gasteiger charge is 2.52. The zero-order valence-electron chi connectivity index (χ0n) is 31.9. The Labute approximate surface area is 310 Å². The van der Waals surface area contributed by atoms with Crippen LogP contribution >= 0.6 is 0 Å². The van der Waals surface area contributed by atoms with Crippen molar-refractivity contribution in [3.8, 4) is 11.6 Å². The van der Waals surface area contributed by atoms with E-state index in [0.717, 1.165) is 32.1 Å². The average molecular weight is 741 g/mol. The summed E-state index contributed by atoms with van der Waals surface area (Å²) in [7, 11) is 1.47. The van der Waals surface area contributed by atoms with Crippen LogP contribution in [0.4, 0.5) is 13.6 Å². The number of hydrogen-bond donors (Lipinski definition) is 1. The van der Waals surface area contributed by atoms with Gasteiger partial charge in [0.2, 0.25) is 11.8 Å². The zero-order chi connectivity index (χ0) is 38.8. The minimum absolute atomic E-state index is 0.0142. The predicted octanol–water partition coefficient (Wildman–Crippen LogP) is 7.23. The van der Waals surface area contributed by atoms with E-state index in [1.54, 1.807) is 39.8 Å². The summed E-state index contributed by atoms with van der Waals surface area (Å²) >= 11 is 0. The number of alkyl carbamates (subject to hydrolysis) is 1. The molecule has 13 heteroatoms. The van der Waals surface area contributed by atoms with E-state index < -0.39 is 65.0 Å². The van der Waals surface area contributed by atoms with Crippen LogP contribution in [0.5, 0.6) is 11.6 Å². The van der Waals surface area contributed by atoms with Gasteiger partial charge in [0, 0.05) is 12.0 Å². The Morgan fingerprint density at radius 2 is 1.83 bits per heavy atom. The zero-order valence-corrected chi connectivity index (χ0v) is 31.9. The Balaban J connectivity index is 1.44. The molecule has 3 fully saturated rings. The molecule has 2 amide bonds. The Morgan fingerprint density at radius 3 is 2.43 bits per heavy atom. The minimum atomic E-state index is -3.62. The quantitative estimate of drug-likeness (QED) is 0.158. The number of hydrogen-bond acceptors (Lipinski definition) is 9. The number of ether oxygens (including phenoxy) is 4. The number of aromatic nitrogens is 2. The second-order valence-electron chi connectivity index (χ2n) is 16.2. The van der Waals surface area contributed by atoms with Gasteiger partial charge in [-0.15, -0.1) is 6.58 Å². The van der Waals surface area contributed by atoms with E-state index in [1.807, 2.05) is 19.9 Å². The molecule has 1 saturated heterocycles. The van der Waals surface area contributed by atoms with Gasteiger partial charge in [-0.3, -0.25) is 4.79 Å². The van der Waals surface area contributed by atoms with E-state index in [4.69, 9.17) is 18.9 Å². The number of nitrogens with one attached hydrogen (secondary N) is 1. The van der Waals surface area contributed by atoms with E-state index in [2.05, 4.69) is 28.4 Å². The number of allylic oxidation sites excluding steroid dienone is 2. The number of halogens is 2. The summed E-state index contributed by atoms with van der Waals surface area (Å²) in [5.41, 5.74) is -1.15. The highest BCUT2D eigenvalue weighted by Crippen LogP contribution is 2.53. The normalized spacial score (nSPS) is 26.0. The first-order valence-electron chi connectivity index (χ1n) is 18.6. The Kier molecular flexibility index (Phi) is 12.0. The van der Waals surface area contributed by atoms with Crippen LogP contribution in [0, 0.1) is 35.0 Å². The van der Waals surface area contributed by atoms with Gasteiger partial charge in [-0.05, 0) is 79.4 Å². The first-order chi connectivity index (χ1) is 25.0. The van der Waals surface area contributed by atoms with Crippen LogP contribution < -0.4 is 14.8 Å². The smallest absolute Gasteiger partial charge is 0.408 e. The maximum absolute atomic E-state index is 15.3. The van der Waals surface area contributed by atoms with Gasteiger partial charge >= 0.3 is 18.0 Å². The molecule has 11 nitrogen and oxygen atoms in total. The van der Waals surface area contributed by atoms with Gasteiger partial charge in [0.15, 0.2) is 5.69 Å². The summed E-state index contributed by atoms with van der Waals surface area (Å²) in [5, 5.41) is 2.83. The summed E-state index contributed by atoms with van der Waals surface area (Å²) in [6, 6.07) is 2.37. The number of likely N-dealkylation sites (tertiary alicyclic amines) is 1. The summed E-state index contributed by atoms with van der Waals surface area (Å²) in [4.78, 5) is 51.8. The highest BCUT2D eigenvalue weighted by molar-refractivity contribution is 5.91. The van der Waals surface area contributed by atoms with Crippen molar-refractivity contribution >= 4 is 29.0 Å². The molecule has 290 valence electrons. The number of fused-ring (bicyclic) bond motifs is 2. The number of methoxy groups -OCH3 is 1. The van der Waals surface area contributed by atoms with E-state index in [-0.39, 0.29) is 42.1 Å². The number of amides is 2. The molecule has 8 atom stereocenters. The van der Waals surface area contributed by atoms with E-state index in [9.17, 15) is 14.4 Å². The van der Waals surface area contributed by atoms with Crippen LogP contribution in [0.3, 0.4) is 0 Å². The molecule has 2 aliphatic carbocycles. The van der Waals surface area contributed by atoms with Crippen molar-refractivity contribution in [3.05, 3.63) is 49.2 Å². The average Bonchev–Trinajstić information content (AvgIpc) is 3.54. The largest absolute Gasteiger partial charge is 0.497 e. The van der Waals surface area contributed by atoms with Crippen molar-refractivity contribution in [1.29, 1.82) is 0 Å². The number of carbonyl (C=O) groups excluding carboxylic acids is 3. The van der Waals surface area contributed by atoms with Crippen LogP contribution in [0.2, 0.25) is 0 Å². The van der Waals surface area contributed by atoms with Crippen molar-refractivity contribution in [2.45, 2.75) is 104 Å². The molecule has 1 N–H and O–H groups in total. The van der Waals surface area contributed by atoms with Crippen LogP contribution in [0.25, 0.3) is 11.0 Å². The molecule has 0 radical (unpaired) electrons. The Hall–Kier alpha value is -4.29. The second-order valence-corrected chi connectivity index (χ2v) is 16.2. The van der Waals surface area contributed by atoms with E-state index in [1.165, 1.54) is 18.1 Å². The molecular weight excluding hydrogens is 686 g/mol. The van der Waals surface area contributed by atoms with Crippen LogP contribution in [0.15, 0.2) is 43.5 Å². The monoisotopic (exact) mass is 740 g/mol. The number of benzene rings is 1. The highest BCUT2D eigenvalue weighted by atomic mass is 19.3. The summed E-state index contributed by atoms with van der Waals surface area (Å²) < 4.78 is 53.8. The van der Waals surface area contributed by atoms with Gasteiger partial charge in [0.1, 0.15) is 30.0 Å². The minimum Gasteiger partial charge on any atom is -0.497 e. The fourth-order valence-electron chi connectivity index (χ4n) is 7.84. The van der Waals surface area contributed by atoms with Crippen molar-refractivity contribution in [1.82, 2.24) is 20.2 Å². The molecule has 2 saturated carbocycles. The molecule has 2 aromatic rings. The lowest BCUT2D eigenvalue weighted by Crippen LogP contribution is -2.57. The maximum Gasteiger partial charge on any atom is 0.408 e. The third-order valence-electron chi connectivity index (χ3n) is 10.9. The lowest BCUT2D eigenvalue weighted by molar-refractivity contribution is -0.156. The summed E-state index contributed by atoms with van der Waals surface area (Å²) in [6.45, 7) is 17.9. The number of rotatable bonds is 14. The number of nitrogens with zero attached hydrogens (tertiary/aromatic N) is 3. The molecule has 1 aliphatic heterocycles. The SMILES string of the molecule is C=CCC[C@@H]1[C@H]2CC[C@H]2C[C@H]1OC(=O)N[C@H](C(=O)N1C[C@H](Oc2nc3cc(OC)ccc3nc2C(F)(F)C=C)[C@@H](C)[C@H]1C(=O)OCC(C)C)C(C)(C)C. The number of carbonyl (C=O) groups is 3. The lowest BCUT2D eigenvalue weighted by Gasteiger charge is -2.36. The number of alkyl halides is 2. The molecule has 53 heavy (non-hydrogen) atoms. The molecule has 2 heterocycles. The summed E-state index contributed by atoms with van der Waals surface area (Å²) in [5.74, 6) is -4.31. The van der Waals surface area contributed by atoms with Gasteiger partial charge in [-0.25, -0.2) is 19.6 Å². The molecule has 5 rings (SSSR count). The molecule has 1 aromatic carbocycles. The van der Waals surface area contributed by atoms with Gasteiger partial charge in [-0.1, -0.05) is 54.2 Å². The van der Waals surface area contributed by atoms with Crippen LogP contribution in [-0.4, -0.2) is 77.4 Å². The maximum atomic E-state index is 15.3. The van der Waals surface area contributed by atoms with Gasteiger partial charge in [0.05, 0.1) is 31.3 Å². The van der Waals surface area contributed by atoms with Gasteiger partial charge < -0.3 is 29.2 Å². The topological polar surface area (TPSA) is 129 Å². The molecule has 0 bridgehead atoms. The number of esters is 1. The first kappa shape index (κ1) is 39.9. The standard InChI is InChI=1S/C40H54F2N4O7/c1-10-12-13-27-26-16-14-24(26)18-30(27)53-38(49)45-34(39(6,7)8)36(47)46-20-31(23(5)32(46)37(48)51-21-22(3)4)52-35-33(40(41,42)11-2)43-28-17-15-25(50-9)19-29(28)44-35/h10-11,15,17,19,22-24,26-27,30-32,34H,1-2,12-14,16,18,20-21H2,3-9H3,(H,45,49)/t23-,24+,26+,27-,30-,31+,32+,34-/m1/s1. The van der Waals surface area contributed by atoms with Crippen molar-refractivity contribution in [3.63, 3.8) is 0 Å². The Bertz CT molecular complexity index is 1690. The predicted molar refractivity (Wildman–Crippen MR) is 195 cm³/mol. The van der Waals surface area contributed by atoms with Gasteiger partial charge in [-0.2, -0.15) is 8.78 Å². The first-order valence-corrected chi connectivity index (χ1v) is 18.6. The fraction of sp³-hybridized carbons (Fsp3) is 0.625. The third-order valence-corrected chi connectivity index (χ3v) is 10.9. The molecular formula is C40H54F2N4O7. The van der Waals surface area contributed by atoms with E-state index >= 15 is 8.78 Å². The van der Waals surface area contributed by atoms with Crippen molar-refractivity contribution in [2.75, 3.05) is 20.3 Å². The van der Waals surface area contributed by atoms with Crippen molar-refractivity contribution < 1.29 is 42.1 Å². The Morgan fingerprint density at radius 1 is 1.09 bits per heavy atom. The van der Waals surface area contributed by atoms with E-state index in [0.29, 0.717) is 23.7 Å². The molecule has 3 aliphatic rings. The third kappa shape index (κ3) is 8.59.